The third-order valence-electron chi connectivity index (χ3n) is 4.76. The molecule has 30 heavy (non-hydrogen) atoms. The Hall–Kier alpha value is -3.65. The van der Waals surface area contributed by atoms with Gasteiger partial charge in [0.25, 0.3) is 5.91 Å². The molecule has 3 aromatic carbocycles. The van der Waals surface area contributed by atoms with Gasteiger partial charge in [-0.05, 0) is 35.9 Å². The minimum atomic E-state index is -0.326. The van der Waals surface area contributed by atoms with E-state index in [2.05, 4.69) is 15.3 Å². The van der Waals surface area contributed by atoms with Crippen LogP contribution < -0.4 is 4.90 Å². The number of carbonyl (C=O) groups is 1. The van der Waals surface area contributed by atoms with E-state index < -0.39 is 0 Å². The molecular weight excluding hydrogens is 401 g/mol. The number of para-hydroxylation sites is 1. The Morgan fingerprint density at radius 3 is 2.67 bits per heavy atom. The maximum absolute atomic E-state index is 13.6. The number of amides is 1. The van der Waals surface area contributed by atoms with E-state index >= 15 is 0 Å². The molecule has 0 N–H and O–H groups in total. The van der Waals surface area contributed by atoms with Gasteiger partial charge in [0, 0.05) is 0 Å². The van der Waals surface area contributed by atoms with Crippen LogP contribution in [0.4, 0.5) is 9.52 Å². The molecule has 0 spiro atoms. The zero-order chi connectivity index (χ0) is 20.5. The van der Waals surface area contributed by atoms with E-state index in [1.807, 2.05) is 54.6 Å². The number of hydrogen-bond acceptors (Lipinski definition) is 5. The number of benzene rings is 3. The second kappa shape index (κ2) is 7.64. The quantitative estimate of drug-likeness (QED) is 0.425. The van der Waals surface area contributed by atoms with E-state index in [9.17, 15) is 9.18 Å². The molecule has 0 fully saturated rings. The molecule has 148 valence electrons. The summed E-state index contributed by atoms with van der Waals surface area (Å²) >= 11 is 1.29. The first-order valence-corrected chi connectivity index (χ1v) is 10.2. The van der Waals surface area contributed by atoms with Gasteiger partial charge in [0.15, 0.2) is 5.13 Å². The van der Waals surface area contributed by atoms with Gasteiger partial charge in [-0.3, -0.25) is 9.69 Å². The predicted octanol–water partition coefficient (Wildman–Crippen LogP) is 4.41. The fraction of sp³-hybridized carbons (Fsp3) is 0.0909. The molecule has 0 unspecified atom stereocenters. The van der Waals surface area contributed by atoms with Crippen LogP contribution in [0.1, 0.15) is 5.56 Å². The highest BCUT2D eigenvalue weighted by molar-refractivity contribution is 7.22. The van der Waals surface area contributed by atoms with Crippen molar-refractivity contribution in [1.82, 2.24) is 20.0 Å². The molecule has 0 bridgehead atoms. The van der Waals surface area contributed by atoms with Crippen LogP contribution in [-0.4, -0.2) is 25.9 Å². The second-order valence-corrected chi connectivity index (χ2v) is 7.82. The maximum atomic E-state index is 13.6. The van der Waals surface area contributed by atoms with Crippen molar-refractivity contribution in [3.05, 3.63) is 84.2 Å². The topological polar surface area (TPSA) is 63.9 Å². The maximum Gasteiger partial charge on any atom is 0.250 e. The Kier molecular flexibility index (Phi) is 4.68. The van der Waals surface area contributed by atoms with E-state index in [-0.39, 0.29) is 18.3 Å². The Bertz CT molecular complexity index is 1350. The standard InChI is InChI=1S/C22H16FN5OS/c23-16-10-11-18-20(12-16)30-22(24-18)27(13-15-6-2-1-3-7-15)21(29)14-28-19-9-5-4-8-17(19)25-26-28/h1-12H,13-14H2. The van der Waals surface area contributed by atoms with Gasteiger partial charge in [-0.25, -0.2) is 14.1 Å². The molecule has 5 aromatic rings. The SMILES string of the molecule is O=C(Cn1nnc2ccccc21)N(Cc1ccccc1)c1nc2ccc(F)cc2s1. The highest BCUT2D eigenvalue weighted by atomic mass is 32.1. The number of rotatable bonds is 5. The second-order valence-electron chi connectivity index (χ2n) is 6.81. The van der Waals surface area contributed by atoms with Crippen molar-refractivity contribution in [3.8, 4) is 0 Å². The minimum Gasteiger partial charge on any atom is -0.282 e. The normalized spacial score (nSPS) is 11.2. The Labute approximate surface area is 175 Å². The van der Waals surface area contributed by atoms with Crippen LogP contribution in [0.3, 0.4) is 0 Å². The van der Waals surface area contributed by atoms with Crippen LogP contribution in [0.2, 0.25) is 0 Å². The molecule has 8 heteroatoms. The molecule has 0 aliphatic carbocycles. The summed E-state index contributed by atoms with van der Waals surface area (Å²) in [5.41, 5.74) is 3.15. The number of nitrogens with zero attached hydrogens (tertiary/aromatic N) is 5. The average Bonchev–Trinajstić information content (AvgIpc) is 3.36. The molecule has 2 aromatic heterocycles. The zero-order valence-corrected chi connectivity index (χ0v) is 16.6. The molecule has 2 heterocycles. The Balaban J connectivity index is 1.51. The van der Waals surface area contributed by atoms with Crippen LogP contribution in [0.15, 0.2) is 72.8 Å². The Morgan fingerprint density at radius 2 is 1.80 bits per heavy atom. The van der Waals surface area contributed by atoms with Gasteiger partial charge in [-0.15, -0.1) is 5.10 Å². The monoisotopic (exact) mass is 417 g/mol. The molecule has 0 aliphatic rings. The molecule has 0 saturated carbocycles. The van der Waals surface area contributed by atoms with E-state index in [0.29, 0.717) is 21.9 Å². The number of fused-ring (bicyclic) bond motifs is 2. The van der Waals surface area contributed by atoms with Crippen LogP contribution in [-0.2, 0) is 17.9 Å². The van der Waals surface area contributed by atoms with Crippen LogP contribution in [0.5, 0.6) is 0 Å². The summed E-state index contributed by atoms with van der Waals surface area (Å²) in [7, 11) is 0. The van der Waals surface area contributed by atoms with Crippen LogP contribution in [0, 0.1) is 5.82 Å². The van der Waals surface area contributed by atoms with Gasteiger partial charge >= 0.3 is 0 Å². The number of anilines is 1. The first-order valence-electron chi connectivity index (χ1n) is 9.36. The van der Waals surface area contributed by atoms with Crippen molar-refractivity contribution < 1.29 is 9.18 Å². The lowest BCUT2D eigenvalue weighted by molar-refractivity contribution is -0.119. The summed E-state index contributed by atoms with van der Waals surface area (Å²) in [6.07, 6.45) is 0. The highest BCUT2D eigenvalue weighted by Crippen LogP contribution is 2.30. The van der Waals surface area contributed by atoms with Crippen LogP contribution >= 0.6 is 11.3 Å². The van der Waals surface area contributed by atoms with Gasteiger partial charge in [0.1, 0.15) is 17.9 Å². The highest BCUT2D eigenvalue weighted by Gasteiger charge is 2.22. The summed E-state index contributed by atoms with van der Waals surface area (Å²) in [5, 5.41) is 8.77. The first kappa shape index (κ1) is 18.4. The summed E-state index contributed by atoms with van der Waals surface area (Å²) in [6, 6.07) is 21.6. The molecule has 5 rings (SSSR count). The summed E-state index contributed by atoms with van der Waals surface area (Å²) in [6.45, 7) is 0.381. The lowest BCUT2D eigenvalue weighted by Gasteiger charge is -2.20. The number of aromatic nitrogens is 4. The third kappa shape index (κ3) is 3.53. The fourth-order valence-corrected chi connectivity index (χ4v) is 4.28. The molecule has 0 atom stereocenters. The fourth-order valence-electron chi connectivity index (χ4n) is 3.28. The van der Waals surface area contributed by atoms with Crippen molar-refractivity contribution in [3.63, 3.8) is 0 Å². The largest absolute Gasteiger partial charge is 0.282 e. The lowest BCUT2D eigenvalue weighted by atomic mass is 10.2. The minimum absolute atomic E-state index is 0.0254. The summed E-state index contributed by atoms with van der Waals surface area (Å²) in [4.78, 5) is 19.5. The van der Waals surface area contributed by atoms with Crippen molar-refractivity contribution >= 4 is 43.6 Å². The van der Waals surface area contributed by atoms with Gasteiger partial charge < -0.3 is 0 Å². The predicted molar refractivity (Wildman–Crippen MR) is 115 cm³/mol. The van der Waals surface area contributed by atoms with Gasteiger partial charge in [0.2, 0.25) is 0 Å². The van der Waals surface area contributed by atoms with Crippen molar-refractivity contribution in [2.75, 3.05) is 4.90 Å². The summed E-state index contributed by atoms with van der Waals surface area (Å²) in [5.74, 6) is -0.498. The van der Waals surface area contributed by atoms with E-state index in [0.717, 1.165) is 16.6 Å². The van der Waals surface area contributed by atoms with Gasteiger partial charge in [0.05, 0.1) is 22.3 Å². The molecule has 0 aliphatic heterocycles. The van der Waals surface area contributed by atoms with Crippen LogP contribution in [0.25, 0.3) is 21.3 Å². The smallest absolute Gasteiger partial charge is 0.250 e. The number of halogens is 1. The number of thiazole rings is 1. The number of hydrogen-bond donors (Lipinski definition) is 0. The van der Waals surface area contributed by atoms with Gasteiger partial charge in [-0.2, -0.15) is 0 Å². The molecule has 1 amide bonds. The molecule has 0 saturated heterocycles. The average molecular weight is 417 g/mol. The summed E-state index contributed by atoms with van der Waals surface area (Å²) < 4.78 is 15.9. The Morgan fingerprint density at radius 1 is 1.00 bits per heavy atom. The van der Waals surface area contributed by atoms with Crippen molar-refractivity contribution in [1.29, 1.82) is 0 Å². The van der Waals surface area contributed by atoms with Crippen molar-refractivity contribution in [2.24, 2.45) is 0 Å². The molecular formula is C22H16FN5OS. The first-order chi connectivity index (χ1) is 14.7. The third-order valence-corrected chi connectivity index (χ3v) is 5.80. The molecule has 0 radical (unpaired) electrons. The van der Waals surface area contributed by atoms with E-state index in [1.165, 1.54) is 23.5 Å². The van der Waals surface area contributed by atoms with E-state index in [4.69, 9.17) is 0 Å². The van der Waals surface area contributed by atoms with Gasteiger partial charge in [-0.1, -0.05) is 59.0 Å². The molecule has 6 nitrogen and oxygen atoms in total. The van der Waals surface area contributed by atoms with Crippen molar-refractivity contribution in [2.45, 2.75) is 13.1 Å². The van der Waals surface area contributed by atoms with E-state index in [1.54, 1.807) is 15.6 Å². The zero-order valence-electron chi connectivity index (χ0n) is 15.8. The lowest BCUT2D eigenvalue weighted by Crippen LogP contribution is -2.33. The number of carbonyl (C=O) groups excluding carboxylic acids is 1.